The molecule has 1 amide bonds. The van der Waals surface area contributed by atoms with Gasteiger partial charge in [-0.2, -0.15) is 0 Å². The number of thioether (sulfide) groups is 1. The Morgan fingerprint density at radius 1 is 0.971 bits per heavy atom. The van der Waals surface area contributed by atoms with Gasteiger partial charge in [-0.3, -0.25) is 4.79 Å². The van der Waals surface area contributed by atoms with Crippen molar-refractivity contribution in [1.29, 1.82) is 0 Å². The van der Waals surface area contributed by atoms with Crippen LogP contribution in [0.3, 0.4) is 0 Å². The summed E-state index contributed by atoms with van der Waals surface area (Å²) >= 11 is 7.39. The van der Waals surface area contributed by atoms with Crippen molar-refractivity contribution in [3.05, 3.63) is 106 Å². The molecule has 1 N–H and O–H groups in total. The van der Waals surface area contributed by atoms with Gasteiger partial charge in [0.25, 0.3) is 5.91 Å². The molecule has 1 heterocycles. The van der Waals surface area contributed by atoms with Gasteiger partial charge in [-0.15, -0.1) is 0 Å². The lowest BCUT2D eigenvalue weighted by atomic mass is 10.0. The van der Waals surface area contributed by atoms with Gasteiger partial charge >= 0.3 is 0 Å². The molecule has 5 nitrogen and oxygen atoms in total. The first-order valence-corrected chi connectivity index (χ1v) is 12.1. The lowest BCUT2D eigenvalue weighted by Gasteiger charge is -2.12. The second-order valence-corrected chi connectivity index (χ2v) is 9.24. The summed E-state index contributed by atoms with van der Waals surface area (Å²) in [5.41, 5.74) is 2.46. The third kappa shape index (κ3) is 5.19. The summed E-state index contributed by atoms with van der Waals surface area (Å²) in [7, 11) is 1.57. The number of nitrogens with zero attached hydrogens (tertiary/aromatic N) is 1. The standard InChI is InChI=1S/C28H21ClN2O3S/c1-33-25-14-12-20(29)15-23(25)30-28-31-27(32)26(35-28)16-22-21-10-6-5-9-19(21)11-13-24(22)34-17-18-7-3-2-4-8-18/h2-16H,17H2,1H3,(H,30,31,32)/b26-16-. The summed E-state index contributed by atoms with van der Waals surface area (Å²) in [5.74, 6) is 1.05. The van der Waals surface area contributed by atoms with Crippen molar-refractivity contribution in [3.8, 4) is 11.5 Å². The molecule has 0 radical (unpaired) electrons. The van der Waals surface area contributed by atoms with Gasteiger partial charge in [0.15, 0.2) is 5.17 Å². The molecule has 0 aromatic heterocycles. The maximum atomic E-state index is 12.8. The lowest BCUT2D eigenvalue weighted by molar-refractivity contribution is -0.115. The van der Waals surface area contributed by atoms with Gasteiger partial charge in [-0.1, -0.05) is 72.3 Å². The second kappa shape index (κ2) is 10.3. The number of halogens is 1. The highest BCUT2D eigenvalue weighted by molar-refractivity contribution is 8.18. The monoisotopic (exact) mass is 500 g/mol. The third-order valence-electron chi connectivity index (χ3n) is 5.46. The molecule has 0 saturated carbocycles. The van der Waals surface area contributed by atoms with Crippen LogP contribution in [0.1, 0.15) is 11.1 Å². The average molecular weight is 501 g/mol. The van der Waals surface area contributed by atoms with Crippen molar-refractivity contribution in [2.75, 3.05) is 7.11 Å². The van der Waals surface area contributed by atoms with Gasteiger partial charge in [0.2, 0.25) is 0 Å². The van der Waals surface area contributed by atoms with E-state index in [1.165, 1.54) is 11.8 Å². The van der Waals surface area contributed by atoms with E-state index >= 15 is 0 Å². The number of carbonyl (C=O) groups excluding carboxylic acids is 1. The summed E-state index contributed by atoms with van der Waals surface area (Å²) in [6.45, 7) is 0.427. The molecule has 4 aromatic carbocycles. The Labute approximate surface area is 212 Å². The number of rotatable bonds is 6. The number of hydrogen-bond acceptors (Lipinski definition) is 5. The van der Waals surface area contributed by atoms with Crippen molar-refractivity contribution in [2.24, 2.45) is 4.99 Å². The number of carbonyl (C=O) groups is 1. The summed E-state index contributed by atoms with van der Waals surface area (Å²) in [6, 6.07) is 27.2. The predicted octanol–water partition coefficient (Wildman–Crippen LogP) is 6.97. The molecular weight excluding hydrogens is 480 g/mol. The lowest BCUT2D eigenvalue weighted by Crippen LogP contribution is -2.19. The van der Waals surface area contributed by atoms with Crippen LogP contribution in [0.15, 0.2) is 94.8 Å². The van der Waals surface area contributed by atoms with E-state index in [-0.39, 0.29) is 5.91 Å². The second-order valence-electron chi connectivity index (χ2n) is 7.77. The van der Waals surface area contributed by atoms with Gasteiger partial charge in [0, 0.05) is 10.6 Å². The topological polar surface area (TPSA) is 59.9 Å². The van der Waals surface area contributed by atoms with Crippen molar-refractivity contribution < 1.29 is 14.3 Å². The predicted molar refractivity (Wildman–Crippen MR) is 144 cm³/mol. The van der Waals surface area contributed by atoms with Crippen LogP contribution in [0.2, 0.25) is 5.02 Å². The van der Waals surface area contributed by atoms with Crippen molar-refractivity contribution >= 4 is 57.0 Å². The Morgan fingerprint density at radius 3 is 2.57 bits per heavy atom. The van der Waals surface area contributed by atoms with Crippen LogP contribution in [0.4, 0.5) is 5.69 Å². The normalized spacial score (nSPS) is 15.5. The molecule has 1 aliphatic heterocycles. The van der Waals surface area contributed by atoms with Gasteiger partial charge in [-0.05, 0) is 58.4 Å². The Morgan fingerprint density at radius 2 is 1.74 bits per heavy atom. The van der Waals surface area contributed by atoms with Gasteiger partial charge in [0.05, 0.1) is 12.0 Å². The fourth-order valence-corrected chi connectivity index (χ4v) is 4.74. The molecule has 1 aliphatic rings. The van der Waals surface area contributed by atoms with Gasteiger partial charge < -0.3 is 14.8 Å². The van der Waals surface area contributed by atoms with Crippen LogP contribution in [0, 0.1) is 0 Å². The van der Waals surface area contributed by atoms with Crippen LogP contribution >= 0.6 is 23.4 Å². The SMILES string of the molecule is COc1ccc(Cl)cc1N=C1NC(=O)/C(=C/c2c(OCc3ccccc3)ccc3ccccc23)S1. The number of fused-ring (bicyclic) bond motifs is 1. The maximum Gasteiger partial charge on any atom is 0.264 e. The molecule has 0 unspecified atom stereocenters. The molecule has 1 saturated heterocycles. The summed E-state index contributed by atoms with van der Waals surface area (Å²) < 4.78 is 11.6. The minimum absolute atomic E-state index is 0.225. The van der Waals surface area contributed by atoms with E-state index in [2.05, 4.69) is 10.3 Å². The zero-order valence-electron chi connectivity index (χ0n) is 18.8. The van der Waals surface area contributed by atoms with Crippen LogP contribution in [-0.2, 0) is 11.4 Å². The number of benzene rings is 4. The highest BCUT2D eigenvalue weighted by Gasteiger charge is 2.25. The van der Waals surface area contributed by atoms with Gasteiger partial charge in [0.1, 0.15) is 23.8 Å². The highest BCUT2D eigenvalue weighted by Crippen LogP contribution is 2.37. The van der Waals surface area contributed by atoms with E-state index in [9.17, 15) is 4.79 Å². The molecule has 0 aliphatic carbocycles. The van der Waals surface area contributed by atoms with E-state index in [4.69, 9.17) is 21.1 Å². The van der Waals surface area contributed by atoms with Crippen molar-refractivity contribution in [2.45, 2.75) is 6.61 Å². The molecule has 1 fully saturated rings. The van der Waals surface area contributed by atoms with E-state index < -0.39 is 0 Å². The minimum atomic E-state index is -0.225. The van der Waals surface area contributed by atoms with Crippen LogP contribution < -0.4 is 14.8 Å². The number of amides is 1. The minimum Gasteiger partial charge on any atom is -0.494 e. The number of methoxy groups -OCH3 is 1. The maximum absolute atomic E-state index is 12.8. The fraction of sp³-hybridized carbons (Fsp3) is 0.0714. The van der Waals surface area contributed by atoms with E-state index in [1.807, 2.05) is 72.8 Å². The number of nitrogens with one attached hydrogen (secondary N) is 1. The first-order chi connectivity index (χ1) is 17.1. The van der Waals surface area contributed by atoms with E-state index in [0.29, 0.717) is 38.9 Å². The molecule has 35 heavy (non-hydrogen) atoms. The van der Waals surface area contributed by atoms with Crippen LogP contribution in [-0.4, -0.2) is 18.2 Å². The van der Waals surface area contributed by atoms with E-state index in [1.54, 1.807) is 25.3 Å². The molecule has 5 rings (SSSR count). The van der Waals surface area contributed by atoms with Crippen molar-refractivity contribution in [3.63, 3.8) is 0 Å². The van der Waals surface area contributed by atoms with Crippen molar-refractivity contribution in [1.82, 2.24) is 5.32 Å². The Bertz CT molecular complexity index is 1470. The number of amidine groups is 1. The summed E-state index contributed by atoms with van der Waals surface area (Å²) in [6.07, 6.45) is 1.86. The molecule has 7 heteroatoms. The van der Waals surface area contributed by atoms with Crippen LogP contribution in [0.25, 0.3) is 16.8 Å². The molecule has 0 atom stereocenters. The molecule has 4 aromatic rings. The molecule has 0 spiro atoms. The smallest absolute Gasteiger partial charge is 0.264 e. The van der Waals surface area contributed by atoms with Gasteiger partial charge in [-0.25, -0.2) is 4.99 Å². The van der Waals surface area contributed by atoms with Crippen LogP contribution in [0.5, 0.6) is 11.5 Å². The quantitative estimate of drug-likeness (QED) is 0.290. The largest absolute Gasteiger partial charge is 0.494 e. The Hall–Kier alpha value is -3.74. The zero-order valence-corrected chi connectivity index (χ0v) is 20.4. The summed E-state index contributed by atoms with van der Waals surface area (Å²) in [4.78, 5) is 17.9. The third-order valence-corrected chi connectivity index (χ3v) is 6.60. The fourth-order valence-electron chi connectivity index (χ4n) is 3.76. The first-order valence-electron chi connectivity index (χ1n) is 10.9. The molecular formula is C28H21ClN2O3S. The number of hydrogen-bond donors (Lipinski definition) is 1. The first kappa shape index (κ1) is 23.0. The number of ether oxygens (including phenoxy) is 2. The highest BCUT2D eigenvalue weighted by atomic mass is 35.5. The molecule has 174 valence electrons. The zero-order chi connectivity index (χ0) is 24.2. The Kier molecular flexibility index (Phi) is 6.75. The molecule has 0 bridgehead atoms. The van der Waals surface area contributed by atoms with E-state index in [0.717, 1.165) is 21.9 Å². The summed E-state index contributed by atoms with van der Waals surface area (Å²) in [5, 5.41) is 5.88. The number of aliphatic imine (C=N–C) groups is 1. The Balaban J connectivity index is 1.50. The average Bonchev–Trinajstić information content (AvgIpc) is 3.22.